The van der Waals surface area contributed by atoms with Crippen LogP contribution in [-0.4, -0.2) is 31.9 Å². The molecule has 6 nitrogen and oxygen atoms in total. The third-order valence-corrected chi connectivity index (χ3v) is 6.98. The van der Waals surface area contributed by atoms with Crippen LogP contribution in [0.1, 0.15) is 30.0 Å². The number of hydrazone groups is 1. The second-order valence-electron chi connectivity index (χ2n) is 6.91. The first-order chi connectivity index (χ1) is 14.7. The number of carbonyl (C=O) groups is 1. The number of aromatic nitrogens is 2. The Labute approximate surface area is 182 Å². The van der Waals surface area contributed by atoms with Crippen molar-refractivity contribution in [3.8, 4) is 0 Å². The van der Waals surface area contributed by atoms with Crippen molar-refractivity contribution in [3.05, 3.63) is 70.8 Å². The van der Waals surface area contributed by atoms with Gasteiger partial charge in [-0.15, -0.1) is 11.3 Å². The third-order valence-electron chi connectivity index (χ3n) is 5.10. The number of imidazole rings is 1. The van der Waals surface area contributed by atoms with Gasteiger partial charge in [0.2, 0.25) is 0 Å². The molecule has 0 unspecified atom stereocenters. The summed E-state index contributed by atoms with van der Waals surface area (Å²) in [6, 6.07) is 15.6. The largest absolute Gasteiger partial charge is 0.467 e. The van der Waals surface area contributed by atoms with Gasteiger partial charge in [-0.2, -0.15) is 5.10 Å². The van der Waals surface area contributed by atoms with E-state index in [-0.39, 0.29) is 17.7 Å². The van der Waals surface area contributed by atoms with Gasteiger partial charge < -0.3 is 8.98 Å². The van der Waals surface area contributed by atoms with Gasteiger partial charge in [0.1, 0.15) is 11.8 Å². The SMILES string of the molecule is CCn1c(SCC(=O)N2N=C(c3cccs3)C[C@H]2c2ccco2)nc2ccccc21. The van der Waals surface area contributed by atoms with E-state index in [0.717, 1.165) is 39.1 Å². The highest BCUT2D eigenvalue weighted by Gasteiger charge is 2.35. The molecule has 152 valence electrons. The van der Waals surface area contributed by atoms with Crippen LogP contribution in [0, 0.1) is 0 Å². The lowest BCUT2D eigenvalue weighted by Crippen LogP contribution is -2.28. The van der Waals surface area contributed by atoms with Crippen molar-refractivity contribution in [2.75, 3.05) is 5.75 Å². The second kappa shape index (κ2) is 8.12. The quantitative estimate of drug-likeness (QED) is 0.391. The molecule has 4 aromatic rings. The number of thiophene rings is 1. The molecule has 1 atom stereocenters. The molecule has 30 heavy (non-hydrogen) atoms. The van der Waals surface area contributed by atoms with Crippen molar-refractivity contribution < 1.29 is 9.21 Å². The zero-order valence-electron chi connectivity index (χ0n) is 16.4. The van der Waals surface area contributed by atoms with E-state index < -0.39 is 0 Å². The highest BCUT2D eigenvalue weighted by molar-refractivity contribution is 7.99. The molecule has 1 aromatic carbocycles. The molecule has 0 saturated heterocycles. The molecule has 0 radical (unpaired) electrons. The molecule has 3 aromatic heterocycles. The number of hydrogen-bond donors (Lipinski definition) is 0. The highest BCUT2D eigenvalue weighted by atomic mass is 32.2. The molecule has 0 bridgehead atoms. The minimum absolute atomic E-state index is 0.0531. The lowest BCUT2D eigenvalue weighted by atomic mass is 10.1. The number of carbonyl (C=O) groups excluding carboxylic acids is 1. The second-order valence-corrected chi connectivity index (χ2v) is 8.80. The van der Waals surface area contributed by atoms with Gasteiger partial charge in [0.15, 0.2) is 5.16 Å². The zero-order chi connectivity index (χ0) is 20.5. The lowest BCUT2D eigenvalue weighted by molar-refractivity contribution is -0.130. The fourth-order valence-corrected chi connectivity index (χ4v) is 5.35. The van der Waals surface area contributed by atoms with Gasteiger partial charge in [-0.05, 0) is 42.6 Å². The number of amides is 1. The average molecular weight is 437 g/mol. The topological polar surface area (TPSA) is 63.6 Å². The molecule has 1 amide bonds. The van der Waals surface area contributed by atoms with Crippen LogP contribution in [-0.2, 0) is 11.3 Å². The average Bonchev–Trinajstić information content (AvgIpc) is 3.55. The van der Waals surface area contributed by atoms with E-state index in [2.05, 4.69) is 22.7 Å². The van der Waals surface area contributed by atoms with Crippen LogP contribution in [0.25, 0.3) is 11.0 Å². The minimum Gasteiger partial charge on any atom is -0.467 e. The summed E-state index contributed by atoms with van der Waals surface area (Å²) in [5, 5.41) is 9.13. The van der Waals surface area contributed by atoms with E-state index in [0.29, 0.717) is 6.42 Å². The smallest absolute Gasteiger partial charge is 0.253 e. The highest BCUT2D eigenvalue weighted by Crippen LogP contribution is 2.35. The van der Waals surface area contributed by atoms with Crippen molar-refractivity contribution >= 4 is 45.8 Å². The number of para-hydroxylation sites is 2. The summed E-state index contributed by atoms with van der Waals surface area (Å²) < 4.78 is 7.76. The predicted octanol–water partition coefficient (Wildman–Crippen LogP) is 5.18. The summed E-state index contributed by atoms with van der Waals surface area (Å²) in [5.41, 5.74) is 2.95. The van der Waals surface area contributed by atoms with E-state index in [1.54, 1.807) is 22.6 Å². The Morgan fingerprint density at radius 3 is 2.90 bits per heavy atom. The molecule has 8 heteroatoms. The predicted molar refractivity (Wildman–Crippen MR) is 120 cm³/mol. The summed E-state index contributed by atoms with van der Waals surface area (Å²) in [5.74, 6) is 0.967. The molecule has 5 rings (SSSR count). The normalized spacial score (nSPS) is 16.4. The molecule has 0 saturated carbocycles. The van der Waals surface area contributed by atoms with Crippen molar-refractivity contribution in [2.45, 2.75) is 31.1 Å². The maximum atomic E-state index is 13.2. The molecule has 0 N–H and O–H groups in total. The first-order valence-electron chi connectivity index (χ1n) is 9.79. The minimum atomic E-state index is -0.213. The molecule has 1 aliphatic heterocycles. The number of fused-ring (bicyclic) bond motifs is 1. The number of rotatable bonds is 6. The van der Waals surface area contributed by atoms with Gasteiger partial charge in [-0.25, -0.2) is 9.99 Å². The van der Waals surface area contributed by atoms with Gasteiger partial charge in [0, 0.05) is 13.0 Å². The Morgan fingerprint density at radius 2 is 2.13 bits per heavy atom. The number of hydrogen-bond acceptors (Lipinski definition) is 6. The Hall–Kier alpha value is -2.84. The first-order valence-corrected chi connectivity index (χ1v) is 11.7. The summed E-state index contributed by atoms with van der Waals surface area (Å²) >= 11 is 3.09. The maximum absolute atomic E-state index is 13.2. The Morgan fingerprint density at radius 1 is 1.23 bits per heavy atom. The zero-order valence-corrected chi connectivity index (χ0v) is 18.0. The van der Waals surface area contributed by atoms with Gasteiger partial charge in [0.25, 0.3) is 5.91 Å². The molecule has 0 spiro atoms. The Kier molecular flexibility index (Phi) is 5.18. The van der Waals surface area contributed by atoms with Gasteiger partial charge in [-0.1, -0.05) is 30.0 Å². The molecule has 1 aliphatic rings. The number of aryl methyl sites for hydroxylation is 1. The van der Waals surface area contributed by atoms with Crippen LogP contribution in [0.2, 0.25) is 0 Å². The van der Waals surface area contributed by atoms with E-state index in [4.69, 9.17) is 9.40 Å². The van der Waals surface area contributed by atoms with Crippen molar-refractivity contribution in [1.29, 1.82) is 0 Å². The van der Waals surface area contributed by atoms with Crippen LogP contribution in [0.15, 0.2) is 74.8 Å². The standard InChI is InChI=1S/C22H20N4O2S2/c1-2-25-17-8-4-3-7-15(17)23-22(25)30-14-21(27)26-18(19-9-5-11-28-19)13-16(24-26)20-10-6-12-29-20/h3-12,18H,2,13-14H2,1H3/t18-/m0/s1. The first kappa shape index (κ1) is 19.1. The fourth-order valence-electron chi connectivity index (χ4n) is 3.70. The molecule has 0 fully saturated rings. The van der Waals surface area contributed by atoms with Crippen molar-refractivity contribution in [1.82, 2.24) is 14.6 Å². The number of nitrogens with zero attached hydrogens (tertiary/aromatic N) is 4. The van der Waals surface area contributed by atoms with Gasteiger partial charge >= 0.3 is 0 Å². The summed E-state index contributed by atoms with van der Waals surface area (Å²) in [6.45, 7) is 2.89. The van der Waals surface area contributed by atoms with E-state index in [1.807, 2.05) is 47.8 Å². The van der Waals surface area contributed by atoms with Crippen LogP contribution in [0.5, 0.6) is 0 Å². The van der Waals surface area contributed by atoms with Gasteiger partial charge in [0.05, 0.1) is 33.6 Å². The van der Waals surface area contributed by atoms with E-state index in [1.165, 1.54) is 11.8 Å². The summed E-state index contributed by atoms with van der Waals surface area (Å²) in [6.07, 6.45) is 2.29. The van der Waals surface area contributed by atoms with E-state index >= 15 is 0 Å². The van der Waals surface area contributed by atoms with E-state index in [9.17, 15) is 4.79 Å². The maximum Gasteiger partial charge on any atom is 0.253 e. The molecular weight excluding hydrogens is 416 g/mol. The molecule has 4 heterocycles. The van der Waals surface area contributed by atoms with Crippen LogP contribution in [0.3, 0.4) is 0 Å². The monoisotopic (exact) mass is 436 g/mol. The van der Waals surface area contributed by atoms with Crippen LogP contribution in [0.4, 0.5) is 0 Å². The molecule has 0 aliphatic carbocycles. The Balaban J connectivity index is 1.39. The summed E-state index contributed by atoms with van der Waals surface area (Å²) in [4.78, 5) is 19.0. The van der Waals surface area contributed by atoms with Crippen molar-refractivity contribution in [2.24, 2.45) is 5.10 Å². The van der Waals surface area contributed by atoms with Crippen LogP contribution < -0.4 is 0 Å². The summed E-state index contributed by atoms with van der Waals surface area (Å²) in [7, 11) is 0. The third kappa shape index (κ3) is 3.46. The molecular formula is C22H20N4O2S2. The number of furan rings is 1. The van der Waals surface area contributed by atoms with Crippen molar-refractivity contribution in [3.63, 3.8) is 0 Å². The Bertz CT molecular complexity index is 1200. The fraction of sp³-hybridized carbons (Fsp3) is 0.227. The lowest BCUT2D eigenvalue weighted by Gasteiger charge is -2.19. The van der Waals surface area contributed by atoms with Crippen LogP contribution >= 0.6 is 23.1 Å². The van der Waals surface area contributed by atoms with Gasteiger partial charge in [-0.3, -0.25) is 4.79 Å². The number of benzene rings is 1. The number of thioether (sulfide) groups is 1.